The normalized spacial score (nSPS) is 19.1. The Morgan fingerprint density at radius 3 is 2.91 bits per heavy atom. The highest BCUT2D eigenvalue weighted by Crippen LogP contribution is 2.39. The van der Waals surface area contributed by atoms with Crippen molar-refractivity contribution < 1.29 is 14.3 Å². The number of rotatable bonds is 3. The van der Waals surface area contributed by atoms with Gasteiger partial charge in [-0.15, -0.1) is 0 Å². The lowest BCUT2D eigenvalue weighted by Crippen LogP contribution is -2.32. The van der Waals surface area contributed by atoms with Crippen LogP contribution in [0.4, 0.5) is 5.82 Å². The maximum Gasteiger partial charge on any atom is 0.254 e. The van der Waals surface area contributed by atoms with Crippen LogP contribution in [-0.2, 0) is 18.0 Å². The van der Waals surface area contributed by atoms with Gasteiger partial charge in [0.05, 0.1) is 24.8 Å². The number of benzene rings is 2. The Bertz CT molecular complexity index is 1320. The molecule has 1 atom stereocenters. The second-order valence-corrected chi connectivity index (χ2v) is 8.86. The fourth-order valence-corrected chi connectivity index (χ4v) is 5.05. The molecular weight excluding hydrogens is 416 g/mol. The molecule has 3 aliphatic rings. The number of pyridine rings is 1. The van der Waals surface area contributed by atoms with E-state index in [4.69, 9.17) is 15.2 Å². The molecule has 33 heavy (non-hydrogen) atoms. The van der Waals surface area contributed by atoms with Crippen LogP contribution in [0.1, 0.15) is 45.1 Å². The lowest BCUT2D eigenvalue weighted by molar-refractivity contribution is 0.0708. The molecule has 168 valence electrons. The molecule has 1 unspecified atom stereocenters. The van der Waals surface area contributed by atoms with Gasteiger partial charge in [0.15, 0.2) is 0 Å². The number of fused-ring (bicyclic) bond motifs is 4. The molecule has 1 aromatic heterocycles. The van der Waals surface area contributed by atoms with Gasteiger partial charge >= 0.3 is 0 Å². The van der Waals surface area contributed by atoms with E-state index in [-0.39, 0.29) is 11.9 Å². The quantitative estimate of drug-likeness (QED) is 0.646. The number of amides is 1. The summed E-state index contributed by atoms with van der Waals surface area (Å²) in [5.74, 6) is 1.32. The average Bonchev–Trinajstić information content (AvgIpc) is 3.51. The predicted molar refractivity (Wildman–Crippen MR) is 127 cm³/mol. The van der Waals surface area contributed by atoms with Crippen molar-refractivity contribution in [1.82, 2.24) is 15.2 Å². The third-order valence-corrected chi connectivity index (χ3v) is 6.97. The number of nitrogens with two attached hydrogens (primary N) is 1. The number of anilines is 1. The van der Waals surface area contributed by atoms with Crippen LogP contribution in [0.2, 0.25) is 0 Å². The van der Waals surface area contributed by atoms with E-state index in [1.165, 1.54) is 11.1 Å². The number of nitrogens with zero attached hydrogens (tertiary/aromatic N) is 2. The first kappa shape index (κ1) is 20.2. The summed E-state index contributed by atoms with van der Waals surface area (Å²) in [4.78, 5) is 19.7. The number of hydrogen-bond acceptors (Lipinski definition) is 6. The first-order chi connectivity index (χ1) is 16.1. The minimum Gasteiger partial charge on any atom is -0.491 e. The Hall–Kier alpha value is -3.42. The summed E-state index contributed by atoms with van der Waals surface area (Å²) >= 11 is 0. The van der Waals surface area contributed by atoms with Crippen LogP contribution in [0.3, 0.4) is 0 Å². The standard InChI is InChI=1S/C26H26N4O3/c1-30(23-14-33-24-11-16(2-4-18(23)24)15-6-8-28-9-7-15)26(31)17-3-5-22-19(10-17)20-12-32-13-21(20)25(27)29-22/h2-6,10-11,23,28H,7-9,12-14H2,1H3,(H2,27,29). The predicted octanol–water partition coefficient (Wildman–Crippen LogP) is 3.43. The van der Waals surface area contributed by atoms with E-state index in [0.717, 1.165) is 52.9 Å². The van der Waals surface area contributed by atoms with E-state index < -0.39 is 0 Å². The minimum atomic E-state index is -0.127. The molecule has 0 bridgehead atoms. The fraction of sp³-hybridized carbons (Fsp3) is 0.308. The smallest absolute Gasteiger partial charge is 0.254 e. The van der Waals surface area contributed by atoms with Crippen molar-refractivity contribution in [2.24, 2.45) is 0 Å². The van der Waals surface area contributed by atoms with Gasteiger partial charge in [0.2, 0.25) is 0 Å². The molecule has 0 spiro atoms. The van der Waals surface area contributed by atoms with Gasteiger partial charge in [-0.25, -0.2) is 4.98 Å². The number of likely N-dealkylation sites (N-methyl/N-ethyl adjacent to an activating group) is 1. The van der Waals surface area contributed by atoms with E-state index in [1.807, 2.05) is 25.2 Å². The number of carbonyl (C=O) groups is 1. The molecule has 2 aromatic carbocycles. The summed E-state index contributed by atoms with van der Waals surface area (Å²) in [5.41, 5.74) is 13.0. The topological polar surface area (TPSA) is 89.7 Å². The molecule has 4 heterocycles. The molecule has 0 aliphatic carbocycles. The van der Waals surface area contributed by atoms with Crippen molar-refractivity contribution in [3.63, 3.8) is 0 Å². The van der Waals surface area contributed by atoms with Gasteiger partial charge in [-0.05, 0) is 53.9 Å². The minimum absolute atomic E-state index is 0.0482. The average molecular weight is 443 g/mol. The van der Waals surface area contributed by atoms with Crippen molar-refractivity contribution in [3.8, 4) is 5.75 Å². The van der Waals surface area contributed by atoms with Crippen LogP contribution >= 0.6 is 0 Å². The van der Waals surface area contributed by atoms with Gasteiger partial charge < -0.3 is 25.4 Å². The molecule has 6 rings (SSSR count). The lowest BCUT2D eigenvalue weighted by Gasteiger charge is -2.24. The van der Waals surface area contributed by atoms with Crippen molar-refractivity contribution in [2.75, 3.05) is 32.5 Å². The van der Waals surface area contributed by atoms with E-state index >= 15 is 0 Å². The first-order valence-electron chi connectivity index (χ1n) is 11.3. The molecule has 3 aliphatic heterocycles. The zero-order valence-electron chi connectivity index (χ0n) is 18.6. The molecular formula is C26H26N4O3. The summed E-state index contributed by atoms with van der Waals surface area (Å²) in [6.07, 6.45) is 3.25. The van der Waals surface area contributed by atoms with Crippen LogP contribution < -0.4 is 15.8 Å². The van der Waals surface area contributed by atoms with Gasteiger partial charge in [-0.3, -0.25) is 4.79 Å². The zero-order chi connectivity index (χ0) is 22.5. The first-order valence-corrected chi connectivity index (χ1v) is 11.3. The molecule has 1 amide bonds. The Labute approximate surface area is 192 Å². The summed E-state index contributed by atoms with van der Waals surface area (Å²) in [6, 6.07) is 11.8. The van der Waals surface area contributed by atoms with E-state index in [0.29, 0.717) is 31.2 Å². The maximum atomic E-state index is 13.4. The van der Waals surface area contributed by atoms with Crippen LogP contribution in [-0.4, -0.2) is 42.5 Å². The number of carbonyl (C=O) groups excluding carboxylic acids is 1. The third-order valence-electron chi connectivity index (χ3n) is 6.97. The van der Waals surface area contributed by atoms with Gasteiger partial charge in [0.25, 0.3) is 5.91 Å². The van der Waals surface area contributed by atoms with E-state index in [2.05, 4.69) is 34.6 Å². The molecule has 0 saturated heterocycles. The number of nitrogens with one attached hydrogen (secondary N) is 1. The molecule has 0 fully saturated rings. The molecule has 7 nitrogen and oxygen atoms in total. The fourth-order valence-electron chi connectivity index (χ4n) is 5.05. The van der Waals surface area contributed by atoms with Gasteiger partial charge in [-0.2, -0.15) is 0 Å². The maximum absolute atomic E-state index is 13.4. The molecule has 0 radical (unpaired) electrons. The molecule has 3 aromatic rings. The molecule has 0 saturated carbocycles. The highest BCUT2D eigenvalue weighted by molar-refractivity contribution is 5.99. The largest absolute Gasteiger partial charge is 0.491 e. The molecule has 7 heteroatoms. The van der Waals surface area contributed by atoms with Gasteiger partial charge in [0, 0.05) is 35.7 Å². The number of aromatic nitrogens is 1. The summed E-state index contributed by atoms with van der Waals surface area (Å²) in [6.45, 7) is 3.30. The van der Waals surface area contributed by atoms with Crippen LogP contribution in [0.5, 0.6) is 5.75 Å². The summed E-state index contributed by atoms with van der Waals surface area (Å²) in [5, 5.41) is 4.27. The van der Waals surface area contributed by atoms with Crippen LogP contribution in [0.15, 0.2) is 42.5 Å². The highest BCUT2D eigenvalue weighted by atomic mass is 16.5. The van der Waals surface area contributed by atoms with E-state index in [1.54, 1.807) is 4.90 Å². The Kier molecular flexibility index (Phi) is 4.81. The van der Waals surface area contributed by atoms with Crippen molar-refractivity contribution in [2.45, 2.75) is 25.7 Å². The Morgan fingerprint density at radius 2 is 2.06 bits per heavy atom. The summed E-state index contributed by atoms with van der Waals surface area (Å²) in [7, 11) is 1.84. The number of hydrogen-bond donors (Lipinski definition) is 2. The number of nitrogen functional groups attached to an aromatic ring is 1. The second kappa shape index (κ2) is 7.86. The Morgan fingerprint density at radius 1 is 1.18 bits per heavy atom. The third kappa shape index (κ3) is 3.35. The SMILES string of the molecule is CN(C(=O)c1ccc2nc(N)c3c(c2c1)COC3)C1COc2cc(C3=CCNCC3)ccc21. The van der Waals surface area contributed by atoms with Gasteiger partial charge in [0.1, 0.15) is 18.2 Å². The Balaban J connectivity index is 1.29. The van der Waals surface area contributed by atoms with Crippen molar-refractivity contribution >= 4 is 28.2 Å². The highest BCUT2D eigenvalue weighted by Gasteiger charge is 2.31. The lowest BCUT2D eigenvalue weighted by atomic mass is 9.97. The van der Waals surface area contributed by atoms with Crippen LogP contribution in [0.25, 0.3) is 16.5 Å². The number of ether oxygens (including phenoxy) is 2. The second-order valence-electron chi connectivity index (χ2n) is 8.86. The van der Waals surface area contributed by atoms with Gasteiger partial charge in [-0.1, -0.05) is 18.2 Å². The molecule has 3 N–H and O–H groups in total. The van der Waals surface area contributed by atoms with Crippen molar-refractivity contribution in [1.29, 1.82) is 0 Å². The van der Waals surface area contributed by atoms with Crippen molar-refractivity contribution in [3.05, 3.63) is 70.3 Å². The zero-order valence-corrected chi connectivity index (χ0v) is 18.6. The van der Waals surface area contributed by atoms with E-state index in [9.17, 15) is 4.79 Å². The summed E-state index contributed by atoms with van der Waals surface area (Å²) < 4.78 is 11.6. The van der Waals surface area contributed by atoms with Crippen LogP contribution in [0, 0.1) is 0 Å². The monoisotopic (exact) mass is 442 g/mol.